The summed E-state index contributed by atoms with van der Waals surface area (Å²) >= 11 is 5.00. The summed E-state index contributed by atoms with van der Waals surface area (Å²) in [6, 6.07) is 0. The smallest absolute Gasteiger partial charge is 0.201 e. The van der Waals surface area contributed by atoms with Crippen LogP contribution in [0.2, 0.25) is 0 Å². The average molecular weight is 140 g/mol. The zero-order valence-electron chi connectivity index (χ0n) is 5.06. The SMILES string of the molecule is CCCl.CC[N+](=O)[O-]. The fourth-order valence-corrected chi connectivity index (χ4v) is 0. The zero-order chi connectivity index (χ0) is 6.99. The molecule has 3 nitrogen and oxygen atoms in total. The molecule has 0 unspecified atom stereocenters. The maximum Gasteiger partial charge on any atom is 0.201 e. The largest absolute Gasteiger partial charge is 0.265 e. The molecule has 0 spiro atoms. The summed E-state index contributed by atoms with van der Waals surface area (Å²) in [6.07, 6.45) is 0. The van der Waals surface area contributed by atoms with Gasteiger partial charge in [0.15, 0.2) is 0 Å². The molecule has 0 N–H and O–H groups in total. The second-order valence-corrected chi connectivity index (χ2v) is 1.45. The topological polar surface area (TPSA) is 43.1 Å². The van der Waals surface area contributed by atoms with E-state index in [2.05, 4.69) is 0 Å². The van der Waals surface area contributed by atoms with E-state index in [1.807, 2.05) is 6.92 Å². The standard InChI is InChI=1S/C2H5Cl.C2H5NO2/c1-2-3;1-2-3(4)5/h2H2,1H3;2H2,1H3. The molecule has 0 rings (SSSR count). The van der Waals surface area contributed by atoms with Gasteiger partial charge in [-0.05, 0) is 0 Å². The van der Waals surface area contributed by atoms with Crippen LogP contribution in [0.25, 0.3) is 0 Å². The van der Waals surface area contributed by atoms with Crippen LogP contribution in [0.4, 0.5) is 0 Å². The number of hydrogen-bond acceptors (Lipinski definition) is 2. The van der Waals surface area contributed by atoms with Crippen LogP contribution in [0.15, 0.2) is 0 Å². The lowest BCUT2D eigenvalue weighted by molar-refractivity contribution is -0.475. The predicted octanol–water partition coefficient (Wildman–Crippen LogP) is 1.53. The van der Waals surface area contributed by atoms with Gasteiger partial charge < -0.3 is 0 Å². The molecule has 0 aliphatic rings. The van der Waals surface area contributed by atoms with Crippen molar-refractivity contribution in [2.24, 2.45) is 0 Å². The molecular formula is C4H10ClNO2. The molecule has 0 aliphatic heterocycles. The lowest BCUT2D eigenvalue weighted by Crippen LogP contribution is -1.92. The summed E-state index contributed by atoms with van der Waals surface area (Å²) in [4.78, 5) is 8.80. The molecule has 0 aromatic rings. The van der Waals surface area contributed by atoms with E-state index in [1.165, 1.54) is 6.92 Å². The lowest BCUT2D eigenvalue weighted by atomic mass is 10.8. The summed E-state index contributed by atoms with van der Waals surface area (Å²) in [7, 11) is 0. The first kappa shape index (κ1) is 10.6. The Morgan fingerprint density at radius 3 is 1.75 bits per heavy atom. The number of halogens is 1. The highest BCUT2D eigenvalue weighted by molar-refractivity contribution is 6.17. The third kappa shape index (κ3) is 43.8. The molecule has 0 aromatic heterocycles. The number of rotatable bonds is 1. The lowest BCUT2D eigenvalue weighted by Gasteiger charge is -1.73. The molecule has 0 saturated carbocycles. The Morgan fingerprint density at radius 2 is 1.75 bits per heavy atom. The number of alkyl halides is 1. The Hall–Kier alpha value is -0.310. The molecule has 0 bridgehead atoms. The van der Waals surface area contributed by atoms with Crippen molar-refractivity contribution >= 4 is 11.6 Å². The van der Waals surface area contributed by atoms with Gasteiger partial charge in [-0.25, -0.2) is 0 Å². The first-order valence-corrected chi connectivity index (χ1v) is 2.90. The van der Waals surface area contributed by atoms with Crippen molar-refractivity contribution in [1.29, 1.82) is 0 Å². The van der Waals surface area contributed by atoms with E-state index in [0.29, 0.717) is 0 Å². The van der Waals surface area contributed by atoms with Gasteiger partial charge in [0.1, 0.15) is 0 Å². The van der Waals surface area contributed by atoms with Crippen molar-refractivity contribution in [2.45, 2.75) is 13.8 Å². The minimum atomic E-state index is -0.375. The average Bonchev–Trinajstić information content (AvgIpc) is 1.69. The quantitative estimate of drug-likeness (QED) is 0.314. The molecule has 0 aliphatic carbocycles. The molecule has 0 atom stereocenters. The van der Waals surface area contributed by atoms with Crippen LogP contribution in [0.3, 0.4) is 0 Å². The first-order valence-electron chi connectivity index (χ1n) is 2.36. The molecule has 8 heavy (non-hydrogen) atoms. The molecule has 0 heterocycles. The third-order valence-corrected chi connectivity index (χ3v) is 0.258. The maximum absolute atomic E-state index is 9.17. The van der Waals surface area contributed by atoms with E-state index in [1.54, 1.807) is 0 Å². The molecule has 0 amide bonds. The van der Waals surface area contributed by atoms with Crippen LogP contribution in [-0.2, 0) is 0 Å². The summed E-state index contributed by atoms with van der Waals surface area (Å²) < 4.78 is 0. The van der Waals surface area contributed by atoms with Crippen LogP contribution < -0.4 is 0 Å². The van der Waals surface area contributed by atoms with E-state index in [0.717, 1.165) is 5.88 Å². The van der Waals surface area contributed by atoms with E-state index in [9.17, 15) is 10.1 Å². The maximum atomic E-state index is 9.17. The summed E-state index contributed by atoms with van der Waals surface area (Å²) in [5.41, 5.74) is 0. The molecule has 0 aromatic carbocycles. The summed E-state index contributed by atoms with van der Waals surface area (Å²) in [5.74, 6) is 0.722. The zero-order valence-corrected chi connectivity index (χ0v) is 5.81. The molecule has 0 radical (unpaired) electrons. The Labute approximate surface area is 53.8 Å². The number of nitrogens with zero attached hydrogens (tertiary/aromatic N) is 1. The van der Waals surface area contributed by atoms with Gasteiger partial charge in [-0.3, -0.25) is 10.1 Å². The van der Waals surface area contributed by atoms with Gasteiger partial charge in [0.05, 0.1) is 0 Å². The molecular weight excluding hydrogens is 130 g/mol. The minimum Gasteiger partial charge on any atom is -0.265 e. The Bertz CT molecular complexity index is 58.0. The normalized spacial score (nSPS) is 6.88. The Morgan fingerprint density at radius 1 is 1.62 bits per heavy atom. The van der Waals surface area contributed by atoms with E-state index in [-0.39, 0.29) is 11.5 Å². The Kier molecular flexibility index (Phi) is 13.1. The molecule has 4 heteroatoms. The van der Waals surface area contributed by atoms with Crippen LogP contribution >= 0.6 is 11.6 Å². The Balaban J connectivity index is 0. The van der Waals surface area contributed by atoms with Crippen molar-refractivity contribution in [3.05, 3.63) is 10.1 Å². The van der Waals surface area contributed by atoms with Crippen molar-refractivity contribution in [3.63, 3.8) is 0 Å². The first-order chi connectivity index (χ1) is 3.68. The van der Waals surface area contributed by atoms with Crippen molar-refractivity contribution in [1.82, 2.24) is 0 Å². The minimum absolute atomic E-state index is 0.0278. The number of nitro groups is 1. The van der Waals surface area contributed by atoms with Crippen molar-refractivity contribution in [2.75, 3.05) is 12.4 Å². The van der Waals surface area contributed by atoms with E-state index >= 15 is 0 Å². The highest BCUT2D eigenvalue weighted by atomic mass is 35.5. The highest BCUT2D eigenvalue weighted by Crippen LogP contribution is 1.59. The monoisotopic (exact) mass is 139 g/mol. The molecule has 0 saturated heterocycles. The van der Waals surface area contributed by atoms with Crippen molar-refractivity contribution in [3.8, 4) is 0 Å². The molecule has 0 fully saturated rings. The fourth-order valence-electron chi connectivity index (χ4n) is 0. The highest BCUT2D eigenvalue weighted by Gasteiger charge is 1.76. The molecule has 50 valence electrons. The van der Waals surface area contributed by atoms with Gasteiger partial charge in [0, 0.05) is 17.7 Å². The third-order valence-electron chi connectivity index (χ3n) is 0.258. The van der Waals surface area contributed by atoms with Crippen LogP contribution in [0.1, 0.15) is 13.8 Å². The fraction of sp³-hybridized carbons (Fsp3) is 1.00. The van der Waals surface area contributed by atoms with Crippen LogP contribution in [0, 0.1) is 10.1 Å². The van der Waals surface area contributed by atoms with Crippen LogP contribution in [0.5, 0.6) is 0 Å². The summed E-state index contributed by atoms with van der Waals surface area (Å²) in [5, 5.41) is 9.17. The van der Waals surface area contributed by atoms with Gasteiger partial charge in [-0.2, -0.15) is 0 Å². The van der Waals surface area contributed by atoms with Gasteiger partial charge >= 0.3 is 0 Å². The predicted molar refractivity (Wildman–Crippen MR) is 33.9 cm³/mol. The van der Waals surface area contributed by atoms with Crippen molar-refractivity contribution < 1.29 is 4.92 Å². The summed E-state index contributed by atoms with van der Waals surface area (Å²) in [6.45, 7) is 3.42. The van der Waals surface area contributed by atoms with Gasteiger partial charge in [0.25, 0.3) is 0 Å². The van der Waals surface area contributed by atoms with Crippen LogP contribution in [-0.4, -0.2) is 17.3 Å². The van der Waals surface area contributed by atoms with Gasteiger partial charge in [-0.15, -0.1) is 11.6 Å². The van der Waals surface area contributed by atoms with Gasteiger partial charge in [-0.1, -0.05) is 6.92 Å². The van der Waals surface area contributed by atoms with E-state index < -0.39 is 0 Å². The second kappa shape index (κ2) is 9.85. The number of hydrogen-bond donors (Lipinski definition) is 0. The van der Waals surface area contributed by atoms with Gasteiger partial charge in [0.2, 0.25) is 6.54 Å². The second-order valence-electron chi connectivity index (χ2n) is 0.916. The van der Waals surface area contributed by atoms with E-state index in [4.69, 9.17) is 11.6 Å².